The molecule has 1 fully saturated rings. The van der Waals surface area contributed by atoms with Gasteiger partial charge in [-0.2, -0.15) is 11.8 Å². The highest BCUT2D eigenvalue weighted by atomic mass is 32.2. The lowest BCUT2D eigenvalue weighted by Crippen LogP contribution is -2.25. The zero-order valence-corrected chi connectivity index (χ0v) is 11.5. The molecule has 0 bridgehead atoms. The highest BCUT2D eigenvalue weighted by Gasteiger charge is 2.18. The van der Waals surface area contributed by atoms with E-state index >= 15 is 0 Å². The summed E-state index contributed by atoms with van der Waals surface area (Å²) >= 11 is 2.07. The molecule has 1 aliphatic heterocycles. The van der Waals surface area contributed by atoms with E-state index in [1.54, 1.807) is 0 Å². The van der Waals surface area contributed by atoms with Gasteiger partial charge >= 0.3 is 0 Å². The number of thioether (sulfide) groups is 1. The maximum absolute atomic E-state index is 3.72. The zero-order valence-electron chi connectivity index (χ0n) is 10.7. The molecule has 2 aromatic rings. The fraction of sp³-hybridized carbons (Fsp3) is 0.375. The van der Waals surface area contributed by atoms with E-state index in [4.69, 9.17) is 0 Å². The Morgan fingerprint density at radius 3 is 2.83 bits per heavy atom. The summed E-state index contributed by atoms with van der Waals surface area (Å²) in [7, 11) is 0. The predicted molar refractivity (Wildman–Crippen MR) is 81.2 cm³/mol. The minimum absolute atomic E-state index is 0.492. The number of hydrogen-bond acceptors (Lipinski definition) is 2. The summed E-state index contributed by atoms with van der Waals surface area (Å²) in [6.07, 6.45) is 0. The number of benzene rings is 2. The average Bonchev–Trinajstić information content (AvgIpc) is 2.63. The Hall–Kier alpha value is -0.990. The van der Waals surface area contributed by atoms with Gasteiger partial charge in [0.2, 0.25) is 0 Å². The first kappa shape index (κ1) is 12.1. The molecule has 18 heavy (non-hydrogen) atoms. The van der Waals surface area contributed by atoms with Gasteiger partial charge in [-0.25, -0.2) is 0 Å². The first-order valence-corrected chi connectivity index (χ1v) is 7.79. The Balaban J connectivity index is 1.98. The van der Waals surface area contributed by atoms with Gasteiger partial charge in [-0.3, -0.25) is 0 Å². The van der Waals surface area contributed by atoms with Crippen LogP contribution in [0.5, 0.6) is 0 Å². The smallest absolute Gasteiger partial charge is 0.0418 e. The molecule has 0 amide bonds. The molecule has 0 radical (unpaired) electrons. The molecule has 2 atom stereocenters. The van der Waals surface area contributed by atoms with Crippen LogP contribution >= 0.6 is 11.8 Å². The van der Waals surface area contributed by atoms with Gasteiger partial charge in [-0.05, 0) is 34.6 Å². The van der Waals surface area contributed by atoms with E-state index in [2.05, 4.69) is 66.5 Å². The summed E-state index contributed by atoms with van der Waals surface area (Å²) in [6, 6.07) is 15.8. The van der Waals surface area contributed by atoms with Crippen LogP contribution in [0, 0.1) is 5.92 Å². The van der Waals surface area contributed by atoms with Crippen molar-refractivity contribution in [2.45, 2.75) is 13.0 Å². The van der Waals surface area contributed by atoms with Crippen LogP contribution < -0.4 is 5.32 Å². The molecular formula is C16H19NS. The van der Waals surface area contributed by atoms with Crippen molar-refractivity contribution in [3.05, 3.63) is 48.0 Å². The summed E-state index contributed by atoms with van der Waals surface area (Å²) in [5, 5.41) is 6.46. The Kier molecular flexibility index (Phi) is 3.57. The quantitative estimate of drug-likeness (QED) is 0.832. The third-order valence-corrected chi connectivity index (χ3v) is 4.97. The topological polar surface area (TPSA) is 12.0 Å². The van der Waals surface area contributed by atoms with E-state index in [1.165, 1.54) is 27.8 Å². The summed E-state index contributed by atoms with van der Waals surface area (Å²) in [5.41, 5.74) is 1.45. The van der Waals surface area contributed by atoms with Crippen LogP contribution in [0.15, 0.2) is 42.5 Å². The van der Waals surface area contributed by atoms with Crippen molar-refractivity contribution >= 4 is 22.5 Å². The minimum Gasteiger partial charge on any atom is -0.309 e. The van der Waals surface area contributed by atoms with Crippen LogP contribution in [0.4, 0.5) is 0 Å². The van der Waals surface area contributed by atoms with Crippen LogP contribution in [-0.2, 0) is 0 Å². The van der Waals surface area contributed by atoms with Gasteiger partial charge in [-0.15, -0.1) is 0 Å². The zero-order chi connectivity index (χ0) is 12.4. The second-order valence-corrected chi connectivity index (χ2v) is 6.25. The Bertz CT molecular complexity index is 532. The number of nitrogens with one attached hydrogen (secondary N) is 1. The first-order valence-electron chi connectivity index (χ1n) is 6.63. The second kappa shape index (κ2) is 5.33. The van der Waals surface area contributed by atoms with E-state index in [1.807, 2.05) is 0 Å². The van der Waals surface area contributed by atoms with Crippen molar-refractivity contribution in [2.75, 3.05) is 18.1 Å². The van der Waals surface area contributed by atoms with Crippen molar-refractivity contribution in [3.8, 4) is 0 Å². The molecule has 1 aliphatic rings. The Morgan fingerprint density at radius 2 is 1.89 bits per heavy atom. The summed E-state index contributed by atoms with van der Waals surface area (Å²) in [5.74, 6) is 3.22. The normalized spacial score (nSPS) is 24.9. The predicted octanol–water partition coefficient (Wildman–Crippen LogP) is 3.85. The summed E-state index contributed by atoms with van der Waals surface area (Å²) in [6.45, 7) is 3.45. The lowest BCUT2D eigenvalue weighted by atomic mass is 9.99. The van der Waals surface area contributed by atoms with E-state index < -0.39 is 0 Å². The SMILES string of the molecule is CC1CNC(c2cccc3ccccc23)CSC1. The van der Waals surface area contributed by atoms with Crippen molar-refractivity contribution in [1.82, 2.24) is 5.32 Å². The molecule has 1 N–H and O–H groups in total. The standard InChI is InChI=1S/C16H19NS/c1-12-9-17-16(11-18-10-12)15-8-4-6-13-5-2-3-7-14(13)15/h2-8,12,16-17H,9-11H2,1H3. The van der Waals surface area contributed by atoms with Gasteiger partial charge in [-0.1, -0.05) is 49.4 Å². The van der Waals surface area contributed by atoms with Crippen LogP contribution in [0.25, 0.3) is 10.8 Å². The van der Waals surface area contributed by atoms with Crippen molar-refractivity contribution in [2.24, 2.45) is 5.92 Å². The molecule has 94 valence electrons. The second-order valence-electron chi connectivity index (χ2n) is 5.17. The molecule has 0 aliphatic carbocycles. The Labute approximate surface area is 113 Å². The lowest BCUT2D eigenvalue weighted by molar-refractivity contribution is 0.519. The maximum Gasteiger partial charge on any atom is 0.0418 e. The molecule has 0 spiro atoms. The largest absolute Gasteiger partial charge is 0.309 e. The van der Waals surface area contributed by atoms with E-state index in [0.717, 1.165) is 12.5 Å². The van der Waals surface area contributed by atoms with Crippen molar-refractivity contribution in [3.63, 3.8) is 0 Å². The fourth-order valence-electron chi connectivity index (χ4n) is 2.60. The highest BCUT2D eigenvalue weighted by molar-refractivity contribution is 7.99. The molecule has 2 heteroatoms. The average molecular weight is 257 g/mol. The Morgan fingerprint density at radius 1 is 1.06 bits per heavy atom. The van der Waals surface area contributed by atoms with Gasteiger partial charge in [0.15, 0.2) is 0 Å². The third kappa shape index (κ3) is 2.40. The van der Waals surface area contributed by atoms with Crippen LogP contribution in [0.1, 0.15) is 18.5 Å². The lowest BCUT2D eigenvalue weighted by Gasteiger charge is -2.18. The maximum atomic E-state index is 3.72. The number of hydrogen-bond donors (Lipinski definition) is 1. The van der Waals surface area contributed by atoms with Crippen LogP contribution in [0.3, 0.4) is 0 Å². The molecule has 2 unspecified atom stereocenters. The summed E-state index contributed by atoms with van der Waals surface area (Å²) < 4.78 is 0. The molecule has 1 nitrogen and oxygen atoms in total. The van der Waals surface area contributed by atoms with Gasteiger partial charge in [0.25, 0.3) is 0 Å². The fourth-order valence-corrected chi connectivity index (χ4v) is 3.79. The number of fused-ring (bicyclic) bond motifs is 1. The van der Waals surface area contributed by atoms with E-state index in [9.17, 15) is 0 Å². The molecule has 1 saturated heterocycles. The molecule has 0 saturated carbocycles. The molecule has 0 aromatic heterocycles. The third-order valence-electron chi connectivity index (χ3n) is 3.60. The van der Waals surface area contributed by atoms with Crippen molar-refractivity contribution in [1.29, 1.82) is 0 Å². The highest BCUT2D eigenvalue weighted by Crippen LogP contribution is 2.29. The molecular weight excluding hydrogens is 238 g/mol. The number of rotatable bonds is 1. The summed E-state index contributed by atoms with van der Waals surface area (Å²) in [4.78, 5) is 0. The molecule has 2 aromatic carbocycles. The van der Waals surface area contributed by atoms with Gasteiger partial charge in [0.1, 0.15) is 0 Å². The minimum atomic E-state index is 0.492. The van der Waals surface area contributed by atoms with Crippen molar-refractivity contribution < 1.29 is 0 Å². The monoisotopic (exact) mass is 257 g/mol. The van der Waals surface area contributed by atoms with E-state index in [0.29, 0.717) is 6.04 Å². The van der Waals surface area contributed by atoms with Crippen LogP contribution in [0.2, 0.25) is 0 Å². The van der Waals surface area contributed by atoms with Gasteiger partial charge in [0.05, 0.1) is 0 Å². The van der Waals surface area contributed by atoms with Gasteiger partial charge in [0, 0.05) is 11.8 Å². The molecule has 3 rings (SSSR count). The first-order chi connectivity index (χ1) is 8.84. The van der Waals surface area contributed by atoms with Crippen LogP contribution in [-0.4, -0.2) is 18.1 Å². The molecule has 1 heterocycles. The van der Waals surface area contributed by atoms with E-state index in [-0.39, 0.29) is 0 Å². The van der Waals surface area contributed by atoms with Gasteiger partial charge < -0.3 is 5.32 Å².